The van der Waals surface area contributed by atoms with Crippen LogP contribution in [0.25, 0.3) is 6.08 Å². The highest BCUT2D eigenvalue weighted by molar-refractivity contribution is 8.18. The zero-order valence-corrected chi connectivity index (χ0v) is 16.4. The maximum Gasteiger partial charge on any atom is 0.344 e. The first-order chi connectivity index (χ1) is 13.6. The third-order valence-corrected chi connectivity index (χ3v) is 5.01. The van der Waals surface area contributed by atoms with Gasteiger partial charge in [0.25, 0.3) is 0 Å². The van der Waals surface area contributed by atoms with Crippen molar-refractivity contribution in [2.45, 2.75) is 0 Å². The number of carbonyl (C=O) groups is 1. The molecule has 0 atom stereocenters. The van der Waals surface area contributed by atoms with Crippen molar-refractivity contribution in [3.63, 3.8) is 0 Å². The summed E-state index contributed by atoms with van der Waals surface area (Å²) in [6.07, 6.45) is 1.73. The number of para-hydroxylation sites is 1. The van der Waals surface area contributed by atoms with Gasteiger partial charge in [0.15, 0.2) is 0 Å². The Hall–Kier alpha value is -3.19. The average Bonchev–Trinajstić information content (AvgIpc) is 3.03. The molecule has 0 saturated heterocycles. The van der Waals surface area contributed by atoms with Crippen molar-refractivity contribution in [1.29, 1.82) is 0 Å². The molecule has 6 nitrogen and oxygen atoms in total. The van der Waals surface area contributed by atoms with E-state index in [0.717, 1.165) is 5.56 Å². The van der Waals surface area contributed by atoms with Crippen molar-refractivity contribution in [1.82, 2.24) is 0 Å². The second kappa shape index (κ2) is 8.67. The molecule has 0 saturated carbocycles. The van der Waals surface area contributed by atoms with Crippen LogP contribution in [-0.4, -0.2) is 37.4 Å². The van der Waals surface area contributed by atoms with Crippen molar-refractivity contribution >= 4 is 34.5 Å². The minimum Gasteiger partial charge on any atom is -0.506 e. The summed E-state index contributed by atoms with van der Waals surface area (Å²) < 4.78 is 15.4. The summed E-state index contributed by atoms with van der Waals surface area (Å²) in [5, 5.41) is 11.0. The van der Waals surface area contributed by atoms with Gasteiger partial charge in [0.1, 0.15) is 27.9 Å². The van der Waals surface area contributed by atoms with Gasteiger partial charge in [-0.05, 0) is 30.3 Å². The number of thioether (sulfide) groups is 1. The SMILES string of the molecule is COC(=O)C1=C(O)C(=Cc2ccc(OC)cc2OC)SC1=Nc1ccccc1. The minimum atomic E-state index is -0.648. The fourth-order valence-corrected chi connectivity index (χ4v) is 3.62. The standard InChI is InChI=1S/C21H19NO5S/c1-25-15-10-9-13(16(12-15)26-2)11-17-19(23)18(21(24)27-3)20(28-17)22-14-7-5-4-6-8-14/h4-12,23H,1-3H3. The van der Waals surface area contributed by atoms with Gasteiger partial charge < -0.3 is 19.3 Å². The average molecular weight is 397 g/mol. The maximum atomic E-state index is 12.2. The lowest BCUT2D eigenvalue weighted by Crippen LogP contribution is -2.10. The molecule has 28 heavy (non-hydrogen) atoms. The van der Waals surface area contributed by atoms with E-state index in [1.165, 1.54) is 18.9 Å². The molecule has 144 valence electrons. The Morgan fingerprint density at radius 2 is 1.82 bits per heavy atom. The van der Waals surface area contributed by atoms with Crippen LogP contribution in [0.15, 0.2) is 69.8 Å². The second-order valence-corrected chi connectivity index (χ2v) is 6.72. The highest BCUT2D eigenvalue weighted by atomic mass is 32.2. The van der Waals surface area contributed by atoms with Crippen LogP contribution < -0.4 is 9.47 Å². The zero-order valence-electron chi connectivity index (χ0n) is 15.6. The lowest BCUT2D eigenvalue weighted by Gasteiger charge is -2.08. The van der Waals surface area contributed by atoms with Gasteiger partial charge in [-0.3, -0.25) is 0 Å². The Labute approximate surface area is 167 Å². The lowest BCUT2D eigenvalue weighted by molar-refractivity contribution is -0.135. The first-order valence-corrected chi connectivity index (χ1v) is 9.16. The fraction of sp³-hybridized carbons (Fsp3) is 0.143. The molecule has 0 fully saturated rings. The molecule has 0 amide bonds. The number of benzene rings is 2. The van der Waals surface area contributed by atoms with Gasteiger partial charge in [-0.25, -0.2) is 9.79 Å². The number of hydrogen-bond donors (Lipinski definition) is 1. The number of hydrogen-bond acceptors (Lipinski definition) is 7. The summed E-state index contributed by atoms with van der Waals surface area (Å²) in [5.74, 6) is 0.405. The van der Waals surface area contributed by atoms with E-state index in [2.05, 4.69) is 4.99 Å². The van der Waals surface area contributed by atoms with E-state index in [4.69, 9.17) is 14.2 Å². The van der Waals surface area contributed by atoms with Gasteiger partial charge in [0, 0.05) is 11.6 Å². The number of carbonyl (C=O) groups excluding carboxylic acids is 1. The first-order valence-electron chi connectivity index (χ1n) is 8.35. The minimum absolute atomic E-state index is 0.0371. The third kappa shape index (κ3) is 4.04. The largest absolute Gasteiger partial charge is 0.506 e. The van der Waals surface area contributed by atoms with Crippen LogP contribution in [0.4, 0.5) is 5.69 Å². The Morgan fingerprint density at radius 3 is 2.46 bits per heavy atom. The third-order valence-electron chi connectivity index (χ3n) is 3.99. The highest BCUT2D eigenvalue weighted by Crippen LogP contribution is 2.41. The summed E-state index contributed by atoms with van der Waals surface area (Å²) in [6.45, 7) is 0. The Bertz CT molecular complexity index is 980. The quantitative estimate of drug-likeness (QED) is 0.748. The Balaban J connectivity index is 2.06. The van der Waals surface area contributed by atoms with Gasteiger partial charge in [0.2, 0.25) is 0 Å². The van der Waals surface area contributed by atoms with Crippen LogP contribution in [0.2, 0.25) is 0 Å². The van der Waals surface area contributed by atoms with E-state index in [1.807, 2.05) is 36.4 Å². The van der Waals surface area contributed by atoms with Crippen molar-refractivity contribution in [2.24, 2.45) is 4.99 Å². The molecular formula is C21H19NO5S. The molecule has 1 aliphatic heterocycles. The number of methoxy groups -OCH3 is 3. The predicted octanol–water partition coefficient (Wildman–Crippen LogP) is 4.51. The van der Waals surface area contributed by atoms with Crippen molar-refractivity contribution in [2.75, 3.05) is 21.3 Å². The number of rotatable bonds is 5. The van der Waals surface area contributed by atoms with Crippen molar-refractivity contribution < 1.29 is 24.1 Å². The van der Waals surface area contributed by atoms with Crippen LogP contribution in [-0.2, 0) is 9.53 Å². The number of ether oxygens (including phenoxy) is 3. The molecular weight excluding hydrogens is 378 g/mol. The van der Waals surface area contributed by atoms with Crippen molar-refractivity contribution in [3.8, 4) is 11.5 Å². The number of aliphatic hydroxyl groups excluding tert-OH is 1. The molecule has 7 heteroatoms. The van der Waals surface area contributed by atoms with Gasteiger partial charge in [-0.2, -0.15) is 0 Å². The van der Waals surface area contributed by atoms with E-state index in [-0.39, 0.29) is 11.3 Å². The van der Waals surface area contributed by atoms with Gasteiger partial charge in [-0.15, -0.1) is 0 Å². The van der Waals surface area contributed by atoms with E-state index in [1.54, 1.807) is 32.4 Å². The fourth-order valence-electron chi connectivity index (χ4n) is 2.59. The first kappa shape index (κ1) is 19.6. The molecule has 2 aromatic rings. The molecule has 1 N–H and O–H groups in total. The van der Waals surface area contributed by atoms with Crippen molar-refractivity contribution in [3.05, 3.63) is 70.3 Å². The maximum absolute atomic E-state index is 12.2. The number of nitrogens with zero attached hydrogens (tertiary/aromatic N) is 1. The summed E-state index contributed by atoms with van der Waals surface area (Å²) in [5.41, 5.74) is 1.43. The molecule has 1 aliphatic rings. The molecule has 0 aromatic heterocycles. The van der Waals surface area contributed by atoms with Crippen LogP contribution in [0.5, 0.6) is 11.5 Å². The zero-order chi connectivity index (χ0) is 20.1. The second-order valence-electron chi connectivity index (χ2n) is 5.69. The number of aliphatic imine (C=N–C) groups is 1. The monoisotopic (exact) mass is 397 g/mol. The van der Waals surface area contributed by atoms with Gasteiger partial charge >= 0.3 is 5.97 Å². The normalized spacial score (nSPS) is 16.5. The van der Waals surface area contributed by atoms with Crippen LogP contribution in [0.3, 0.4) is 0 Å². The van der Waals surface area contributed by atoms with E-state index < -0.39 is 5.97 Å². The number of aliphatic hydroxyl groups is 1. The molecule has 1 heterocycles. The molecule has 2 aromatic carbocycles. The molecule has 0 radical (unpaired) electrons. The molecule has 3 rings (SSSR count). The summed E-state index contributed by atoms with van der Waals surface area (Å²) in [6, 6.07) is 14.5. The molecule has 0 bridgehead atoms. The Kier molecular flexibility index (Phi) is 6.06. The van der Waals surface area contributed by atoms with E-state index in [9.17, 15) is 9.90 Å². The highest BCUT2D eigenvalue weighted by Gasteiger charge is 2.33. The van der Waals surface area contributed by atoms with Crippen LogP contribution in [0, 0.1) is 0 Å². The lowest BCUT2D eigenvalue weighted by atomic mass is 10.1. The smallest absolute Gasteiger partial charge is 0.344 e. The summed E-state index contributed by atoms with van der Waals surface area (Å²) in [7, 11) is 4.39. The summed E-state index contributed by atoms with van der Waals surface area (Å²) in [4.78, 5) is 17.2. The van der Waals surface area contributed by atoms with Gasteiger partial charge in [0.05, 0.1) is 31.9 Å². The molecule has 0 aliphatic carbocycles. The molecule has 0 spiro atoms. The van der Waals surface area contributed by atoms with Crippen LogP contribution in [0.1, 0.15) is 5.56 Å². The predicted molar refractivity (Wildman–Crippen MR) is 110 cm³/mol. The van der Waals surface area contributed by atoms with Gasteiger partial charge in [-0.1, -0.05) is 30.0 Å². The topological polar surface area (TPSA) is 77.4 Å². The van der Waals surface area contributed by atoms with Crippen LogP contribution >= 0.6 is 11.8 Å². The molecule has 0 unspecified atom stereocenters. The number of esters is 1. The Morgan fingerprint density at radius 1 is 1.07 bits per heavy atom. The van der Waals surface area contributed by atoms with E-state index >= 15 is 0 Å². The summed E-state index contributed by atoms with van der Waals surface area (Å²) >= 11 is 1.19. The van der Waals surface area contributed by atoms with E-state index in [0.29, 0.717) is 27.1 Å².